The Morgan fingerprint density at radius 1 is 1.69 bits per heavy atom. The second-order valence-corrected chi connectivity index (χ2v) is 3.36. The lowest BCUT2D eigenvalue weighted by molar-refractivity contribution is -0.148. The van der Waals surface area contributed by atoms with Crippen LogP contribution in [0.2, 0.25) is 0 Å². The summed E-state index contributed by atoms with van der Waals surface area (Å²) in [7, 11) is 0. The van der Waals surface area contributed by atoms with Crippen LogP contribution in [0.1, 0.15) is 6.92 Å². The molecular formula is C8H11O5. The highest BCUT2D eigenvalue weighted by Crippen LogP contribution is 2.41. The van der Waals surface area contributed by atoms with Crippen LogP contribution in [0.3, 0.4) is 0 Å². The average Bonchev–Trinajstić information content (AvgIpc) is 2.55. The zero-order valence-corrected chi connectivity index (χ0v) is 7.19. The van der Waals surface area contributed by atoms with Gasteiger partial charge in [0.2, 0.25) is 0 Å². The molecule has 0 amide bonds. The molecule has 2 heterocycles. The van der Waals surface area contributed by atoms with E-state index in [1.807, 2.05) is 0 Å². The van der Waals surface area contributed by atoms with Crippen molar-refractivity contribution in [3.8, 4) is 0 Å². The van der Waals surface area contributed by atoms with Crippen LogP contribution >= 0.6 is 0 Å². The number of Topliss-reactive ketones (excluding diaryl/α,β-unsaturated/α-hetero) is 1. The van der Waals surface area contributed by atoms with E-state index in [0.717, 1.165) is 0 Å². The van der Waals surface area contributed by atoms with Crippen LogP contribution in [0.15, 0.2) is 0 Å². The van der Waals surface area contributed by atoms with Gasteiger partial charge in [0.15, 0.2) is 17.5 Å². The molecule has 0 aromatic heterocycles. The van der Waals surface area contributed by atoms with Crippen molar-refractivity contribution in [3.05, 3.63) is 6.10 Å². The van der Waals surface area contributed by atoms with Gasteiger partial charge in [0.05, 0.1) is 13.2 Å². The topological polar surface area (TPSA) is 76.0 Å². The summed E-state index contributed by atoms with van der Waals surface area (Å²) in [5.74, 6) is -0.313. The van der Waals surface area contributed by atoms with Crippen LogP contribution in [0.25, 0.3) is 0 Å². The minimum Gasteiger partial charge on any atom is -0.387 e. The van der Waals surface area contributed by atoms with E-state index in [1.165, 1.54) is 6.92 Å². The van der Waals surface area contributed by atoms with E-state index in [0.29, 0.717) is 0 Å². The van der Waals surface area contributed by atoms with Gasteiger partial charge in [0.1, 0.15) is 12.2 Å². The molecule has 73 valence electrons. The Morgan fingerprint density at radius 3 is 2.92 bits per heavy atom. The van der Waals surface area contributed by atoms with Crippen LogP contribution in [-0.4, -0.2) is 47.0 Å². The monoisotopic (exact) mass is 187 g/mol. The average molecular weight is 187 g/mol. The first kappa shape index (κ1) is 9.08. The predicted molar refractivity (Wildman–Crippen MR) is 40.3 cm³/mol. The molecular weight excluding hydrogens is 176 g/mol. The molecule has 5 nitrogen and oxygen atoms in total. The Kier molecular flexibility index (Phi) is 1.92. The molecule has 0 saturated carbocycles. The molecule has 2 aliphatic heterocycles. The van der Waals surface area contributed by atoms with Gasteiger partial charge >= 0.3 is 0 Å². The Labute approximate surface area is 75.3 Å². The van der Waals surface area contributed by atoms with Gasteiger partial charge in [0.25, 0.3) is 0 Å². The summed E-state index contributed by atoms with van der Waals surface area (Å²) in [5.41, 5.74) is -1.36. The Morgan fingerprint density at radius 2 is 2.38 bits per heavy atom. The number of carbonyl (C=O) groups is 1. The standard InChI is InChI=1S/C8H11O5/c1-4(9)8-6(11)3-12-7(8)5(10)2-13-8/h6-7,10-11H,2-3H2,1H3/t6-,7+,8+/m0/s1. The normalized spacial score (nSPS) is 45.2. The summed E-state index contributed by atoms with van der Waals surface area (Å²) < 4.78 is 10.2. The highest BCUT2D eigenvalue weighted by molar-refractivity contribution is 5.88. The number of rotatable bonds is 1. The first-order chi connectivity index (χ1) is 6.09. The molecule has 2 fully saturated rings. The summed E-state index contributed by atoms with van der Waals surface area (Å²) >= 11 is 0. The minimum absolute atomic E-state index is 0.0215. The van der Waals surface area contributed by atoms with Crippen LogP contribution < -0.4 is 0 Å². The Hall–Kier alpha value is -0.490. The molecule has 3 atom stereocenters. The van der Waals surface area contributed by atoms with Crippen LogP contribution in [-0.2, 0) is 14.3 Å². The number of aliphatic hydroxyl groups excluding tert-OH is 2. The Balaban J connectivity index is 2.35. The van der Waals surface area contributed by atoms with Crippen molar-refractivity contribution >= 4 is 5.78 Å². The third-order valence-corrected chi connectivity index (χ3v) is 2.62. The molecule has 0 unspecified atom stereocenters. The molecule has 2 aliphatic rings. The largest absolute Gasteiger partial charge is 0.387 e. The zero-order valence-electron chi connectivity index (χ0n) is 7.19. The fourth-order valence-corrected chi connectivity index (χ4v) is 1.92. The van der Waals surface area contributed by atoms with Crippen LogP contribution in [0, 0.1) is 6.10 Å². The number of ketones is 1. The summed E-state index contributed by atoms with van der Waals surface area (Å²) in [6, 6.07) is 0. The van der Waals surface area contributed by atoms with Gasteiger partial charge in [-0.05, 0) is 6.92 Å². The summed E-state index contributed by atoms with van der Waals surface area (Å²) in [4.78, 5) is 11.3. The van der Waals surface area contributed by atoms with Crippen molar-refractivity contribution in [3.63, 3.8) is 0 Å². The molecule has 13 heavy (non-hydrogen) atoms. The Bertz CT molecular complexity index is 241. The summed E-state index contributed by atoms with van der Waals surface area (Å²) in [5, 5.41) is 18.9. The fourth-order valence-electron chi connectivity index (χ4n) is 1.92. The van der Waals surface area contributed by atoms with Crippen LogP contribution in [0.4, 0.5) is 0 Å². The van der Waals surface area contributed by atoms with E-state index >= 15 is 0 Å². The molecule has 5 heteroatoms. The lowest BCUT2D eigenvalue weighted by Crippen LogP contribution is -2.51. The van der Waals surface area contributed by atoms with Gasteiger partial charge in [-0.3, -0.25) is 4.79 Å². The predicted octanol–water partition coefficient (Wildman–Crippen LogP) is -0.991. The molecule has 0 aliphatic carbocycles. The molecule has 2 N–H and O–H groups in total. The number of carbonyl (C=O) groups excluding carboxylic acids is 1. The first-order valence-electron chi connectivity index (χ1n) is 4.08. The fraction of sp³-hybridized carbons (Fsp3) is 0.750. The van der Waals surface area contributed by atoms with Crippen molar-refractivity contribution in [2.75, 3.05) is 13.2 Å². The molecule has 2 saturated heterocycles. The summed E-state index contributed by atoms with van der Waals surface area (Å²) in [6.45, 7) is 1.30. The first-order valence-corrected chi connectivity index (χ1v) is 4.08. The molecule has 0 spiro atoms. The quantitative estimate of drug-likeness (QED) is 0.551. The van der Waals surface area contributed by atoms with E-state index < -0.39 is 17.8 Å². The minimum atomic E-state index is -1.36. The number of fused-ring (bicyclic) bond motifs is 1. The smallest absolute Gasteiger partial charge is 0.183 e. The highest BCUT2D eigenvalue weighted by Gasteiger charge is 2.63. The maximum Gasteiger partial charge on any atom is 0.183 e. The van der Waals surface area contributed by atoms with Gasteiger partial charge in [-0.15, -0.1) is 0 Å². The molecule has 2 rings (SSSR count). The lowest BCUT2D eigenvalue weighted by Gasteiger charge is -2.26. The molecule has 1 radical (unpaired) electrons. The van der Waals surface area contributed by atoms with Crippen molar-refractivity contribution < 1.29 is 24.5 Å². The number of ether oxygens (including phenoxy) is 2. The zero-order chi connectivity index (χ0) is 9.64. The molecule has 0 bridgehead atoms. The third-order valence-electron chi connectivity index (χ3n) is 2.62. The van der Waals surface area contributed by atoms with Crippen molar-refractivity contribution in [2.24, 2.45) is 0 Å². The van der Waals surface area contributed by atoms with Crippen LogP contribution in [0.5, 0.6) is 0 Å². The number of hydrogen-bond donors (Lipinski definition) is 2. The van der Waals surface area contributed by atoms with Gasteiger partial charge in [-0.25, -0.2) is 0 Å². The van der Waals surface area contributed by atoms with Crippen molar-refractivity contribution in [1.82, 2.24) is 0 Å². The van der Waals surface area contributed by atoms with Gasteiger partial charge in [0, 0.05) is 0 Å². The number of aliphatic hydroxyl groups is 2. The lowest BCUT2D eigenvalue weighted by atomic mass is 9.88. The molecule has 0 aromatic carbocycles. The van der Waals surface area contributed by atoms with Gasteiger partial charge in [-0.1, -0.05) is 0 Å². The second kappa shape index (κ2) is 2.75. The van der Waals surface area contributed by atoms with Crippen molar-refractivity contribution in [2.45, 2.75) is 24.7 Å². The van der Waals surface area contributed by atoms with E-state index in [2.05, 4.69) is 0 Å². The summed E-state index contributed by atoms with van der Waals surface area (Å²) in [6.07, 6.45) is -1.80. The van der Waals surface area contributed by atoms with Gasteiger partial charge < -0.3 is 19.7 Å². The van der Waals surface area contributed by atoms with E-state index in [1.54, 1.807) is 0 Å². The number of hydrogen-bond acceptors (Lipinski definition) is 5. The van der Waals surface area contributed by atoms with Crippen molar-refractivity contribution in [1.29, 1.82) is 0 Å². The second-order valence-electron chi connectivity index (χ2n) is 3.36. The maximum atomic E-state index is 11.3. The van der Waals surface area contributed by atoms with E-state index in [9.17, 15) is 15.0 Å². The molecule has 0 aromatic rings. The third kappa shape index (κ3) is 0.985. The highest BCUT2D eigenvalue weighted by atomic mass is 16.6. The SMILES string of the molecule is CC(=O)[C@]12OC[C](O)[C@H]1OC[C@@H]2O. The van der Waals surface area contributed by atoms with E-state index in [4.69, 9.17) is 9.47 Å². The van der Waals surface area contributed by atoms with Gasteiger partial charge in [-0.2, -0.15) is 0 Å². The maximum absolute atomic E-state index is 11.3. The van der Waals surface area contributed by atoms with E-state index in [-0.39, 0.29) is 25.1 Å².